The molecule has 23 heavy (non-hydrogen) atoms. The van der Waals surface area contributed by atoms with Gasteiger partial charge in [-0.3, -0.25) is 4.79 Å². The molecule has 9 heteroatoms. The molecular formula is C14H17F3N4O2. The lowest BCUT2D eigenvalue weighted by atomic mass is 10.2. The minimum atomic E-state index is -4.49. The van der Waals surface area contributed by atoms with Gasteiger partial charge in [0.25, 0.3) is 5.91 Å². The molecule has 1 aliphatic rings. The van der Waals surface area contributed by atoms with E-state index in [1.54, 1.807) is 20.2 Å². The molecule has 0 bridgehead atoms. The van der Waals surface area contributed by atoms with Crippen molar-refractivity contribution in [1.82, 2.24) is 20.3 Å². The zero-order valence-electron chi connectivity index (χ0n) is 12.6. The van der Waals surface area contributed by atoms with Crippen molar-refractivity contribution >= 4 is 11.6 Å². The molecule has 0 fully saturated rings. The van der Waals surface area contributed by atoms with Crippen LogP contribution in [0.25, 0.3) is 5.70 Å². The second-order valence-corrected chi connectivity index (χ2v) is 5.20. The Morgan fingerprint density at radius 1 is 1.43 bits per heavy atom. The van der Waals surface area contributed by atoms with Crippen LogP contribution >= 0.6 is 0 Å². The highest BCUT2D eigenvalue weighted by Crippen LogP contribution is 2.31. The number of aromatic nitrogens is 1. The lowest BCUT2D eigenvalue weighted by Crippen LogP contribution is -2.47. The smallest absolute Gasteiger partial charge is 0.395 e. The largest absolute Gasteiger partial charge is 0.409 e. The number of hydrogen-bond acceptors (Lipinski definition) is 5. The van der Waals surface area contributed by atoms with Crippen LogP contribution in [0, 0.1) is 0 Å². The van der Waals surface area contributed by atoms with Gasteiger partial charge >= 0.3 is 6.18 Å². The van der Waals surface area contributed by atoms with Gasteiger partial charge in [0.05, 0.1) is 18.0 Å². The third-order valence-corrected chi connectivity index (χ3v) is 3.25. The summed E-state index contributed by atoms with van der Waals surface area (Å²) in [6, 6.07) is 2.70. The van der Waals surface area contributed by atoms with E-state index in [-0.39, 0.29) is 29.5 Å². The molecule has 1 aromatic heterocycles. The number of aliphatic hydroxyl groups is 1. The number of carbonyl (C=O) groups excluding carboxylic acids is 1. The summed E-state index contributed by atoms with van der Waals surface area (Å²) in [4.78, 5) is 17.3. The summed E-state index contributed by atoms with van der Waals surface area (Å²) in [6.45, 7) is -0.617. The molecule has 0 spiro atoms. The number of carbonyl (C=O) groups is 1. The summed E-state index contributed by atoms with van der Waals surface area (Å²) < 4.78 is 39.1. The number of β-amino-alcohol motifs (C(OH)–C–C–N with tert-alkyl or cyclic N) is 1. The number of nitrogens with zero attached hydrogens (tertiary/aromatic N) is 3. The molecule has 1 aliphatic heterocycles. The number of pyridine rings is 1. The molecule has 2 rings (SSSR count). The van der Waals surface area contributed by atoms with Gasteiger partial charge in [0.1, 0.15) is 11.7 Å². The minimum absolute atomic E-state index is 0.138. The quantitative estimate of drug-likeness (QED) is 0.857. The highest BCUT2D eigenvalue weighted by atomic mass is 19.4. The summed E-state index contributed by atoms with van der Waals surface area (Å²) in [7, 11) is 3.12. The van der Waals surface area contributed by atoms with Crippen molar-refractivity contribution in [3.8, 4) is 0 Å². The average Bonchev–Trinajstić information content (AvgIpc) is 2.91. The van der Waals surface area contributed by atoms with Crippen LogP contribution in [0.5, 0.6) is 0 Å². The molecule has 1 atom stereocenters. The van der Waals surface area contributed by atoms with Crippen LogP contribution in [0.15, 0.2) is 24.3 Å². The number of halogens is 3. The van der Waals surface area contributed by atoms with E-state index < -0.39 is 18.8 Å². The Morgan fingerprint density at radius 3 is 2.70 bits per heavy atom. The lowest BCUT2D eigenvalue weighted by molar-refractivity contribution is -0.172. The van der Waals surface area contributed by atoms with Crippen molar-refractivity contribution in [3.05, 3.63) is 35.7 Å². The summed E-state index contributed by atoms with van der Waals surface area (Å²) in [5.41, 5.74) is 3.10. The van der Waals surface area contributed by atoms with E-state index in [1.165, 1.54) is 17.0 Å². The maximum Gasteiger partial charge on any atom is 0.409 e. The van der Waals surface area contributed by atoms with Crippen LogP contribution < -0.4 is 5.43 Å². The van der Waals surface area contributed by atoms with Crippen molar-refractivity contribution in [2.24, 2.45) is 0 Å². The fourth-order valence-electron chi connectivity index (χ4n) is 2.16. The van der Waals surface area contributed by atoms with Crippen molar-refractivity contribution in [2.75, 3.05) is 27.2 Å². The molecule has 1 aromatic rings. The number of nitrogens with one attached hydrogen (secondary N) is 1. The van der Waals surface area contributed by atoms with Crippen LogP contribution in [0.3, 0.4) is 0 Å². The molecule has 2 N–H and O–H groups in total. The van der Waals surface area contributed by atoms with E-state index in [0.29, 0.717) is 0 Å². The van der Waals surface area contributed by atoms with Gasteiger partial charge < -0.3 is 15.4 Å². The molecular weight excluding hydrogens is 313 g/mol. The van der Waals surface area contributed by atoms with E-state index in [4.69, 9.17) is 5.11 Å². The number of amides is 1. The first-order chi connectivity index (χ1) is 10.7. The van der Waals surface area contributed by atoms with Gasteiger partial charge in [-0.25, -0.2) is 9.99 Å². The Bertz CT molecular complexity index is 616. The zero-order chi connectivity index (χ0) is 17.2. The van der Waals surface area contributed by atoms with E-state index in [2.05, 4.69) is 10.4 Å². The molecule has 126 valence electrons. The second-order valence-electron chi connectivity index (χ2n) is 5.20. The molecule has 6 nitrogen and oxygen atoms in total. The third-order valence-electron chi connectivity index (χ3n) is 3.25. The molecule has 0 aromatic carbocycles. The molecule has 0 aliphatic carbocycles. The van der Waals surface area contributed by atoms with Gasteiger partial charge in [0.2, 0.25) is 0 Å². The molecule has 1 unspecified atom stereocenters. The van der Waals surface area contributed by atoms with Crippen LogP contribution in [0.2, 0.25) is 0 Å². The van der Waals surface area contributed by atoms with Gasteiger partial charge in [0.15, 0.2) is 0 Å². The summed E-state index contributed by atoms with van der Waals surface area (Å²) in [5, 5.41) is 9.79. The topological polar surface area (TPSA) is 68.7 Å². The van der Waals surface area contributed by atoms with Gasteiger partial charge in [-0.1, -0.05) is 6.07 Å². The monoisotopic (exact) mass is 330 g/mol. The van der Waals surface area contributed by atoms with Crippen molar-refractivity contribution in [3.63, 3.8) is 0 Å². The SMILES string of the molecule is CN(C)C(=O)c1cccc(C2=CC(C(F)(F)F)N(CCO)N2)n1. The average molecular weight is 330 g/mol. The van der Waals surface area contributed by atoms with Crippen molar-refractivity contribution in [2.45, 2.75) is 12.2 Å². The number of rotatable bonds is 4. The van der Waals surface area contributed by atoms with Gasteiger partial charge in [-0.15, -0.1) is 0 Å². The maximum atomic E-state index is 13.0. The highest BCUT2D eigenvalue weighted by molar-refractivity contribution is 5.92. The van der Waals surface area contributed by atoms with Crippen LogP contribution in [0.4, 0.5) is 13.2 Å². The minimum Gasteiger partial charge on any atom is -0.395 e. The van der Waals surface area contributed by atoms with E-state index >= 15 is 0 Å². The summed E-state index contributed by atoms with van der Waals surface area (Å²) in [5.74, 6) is -0.343. The van der Waals surface area contributed by atoms with E-state index in [9.17, 15) is 18.0 Å². The Hall–Kier alpha value is -2.13. The third kappa shape index (κ3) is 3.80. The van der Waals surface area contributed by atoms with Crippen LogP contribution in [0.1, 0.15) is 16.2 Å². The highest BCUT2D eigenvalue weighted by Gasteiger charge is 2.45. The lowest BCUT2D eigenvalue weighted by Gasteiger charge is -2.25. The number of aliphatic hydroxyl groups excluding tert-OH is 1. The molecule has 1 amide bonds. The van der Waals surface area contributed by atoms with Crippen molar-refractivity contribution in [1.29, 1.82) is 0 Å². The van der Waals surface area contributed by atoms with E-state index in [0.717, 1.165) is 11.1 Å². The predicted molar refractivity (Wildman–Crippen MR) is 77.0 cm³/mol. The Morgan fingerprint density at radius 2 is 2.13 bits per heavy atom. The number of hydrogen-bond donors (Lipinski definition) is 2. The first-order valence-corrected chi connectivity index (χ1v) is 6.86. The number of alkyl halides is 3. The molecule has 0 saturated carbocycles. The standard InChI is InChI=1S/C14H17F3N4O2/c1-20(2)13(23)10-5-3-4-9(18-10)11-8-12(14(15,16)17)21(19-11)6-7-22/h3-5,8,12,19,22H,6-7H2,1-2H3. The van der Waals surface area contributed by atoms with Gasteiger partial charge in [0, 0.05) is 20.6 Å². The Labute approximate surface area is 131 Å². The zero-order valence-corrected chi connectivity index (χ0v) is 12.6. The van der Waals surface area contributed by atoms with Crippen LogP contribution in [-0.4, -0.2) is 65.4 Å². The Balaban J connectivity index is 2.31. The first-order valence-electron chi connectivity index (χ1n) is 6.86. The molecule has 0 saturated heterocycles. The van der Waals surface area contributed by atoms with Crippen LogP contribution in [-0.2, 0) is 0 Å². The predicted octanol–water partition coefficient (Wildman–Crippen LogP) is 0.868. The van der Waals surface area contributed by atoms with Gasteiger partial charge in [-0.05, 0) is 18.2 Å². The number of hydrazine groups is 1. The Kier molecular flexibility index (Phi) is 4.90. The second kappa shape index (κ2) is 6.55. The fourth-order valence-corrected chi connectivity index (χ4v) is 2.16. The summed E-state index contributed by atoms with van der Waals surface area (Å²) >= 11 is 0. The normalized spacial score (nSPS) is 18.5. The van der Waals surface area contributed by atoms with E-state index in [1.807, 2.05) is 0 Å². The maximum absolute atomic E-state index is 13.0. The summed E-state index contributed by atoms with van der Waals surface area (Å²) in [6.07, 6.45) is -3.50. The first kappa shape index (κ1) is 17.2. The molecule has 2 heterocycles. The fraction of sp³-hybridized carbons (Fsp3) is 0.429. The van der Waals surface area contributed by atoms with Crippen molar-refractivity contribution < 1.29 is 23.1 Å². The molecule has 0 radical (unpaired) electrons. The van der Waals surface area contributed by atoms with Gasteiger partial charge in [-0.2, -0.15) is 13.2 Å².